The van der Waals surface area contributed by atoms with Gasteiger partial charge in [-0.1, -0.05) is 12.1 Å². The van der Waals surface area contributed by atoms with E-state index in [1.54, 1.807) is 0 Å². The van der Waals surface area contributed by atoms with Crippen molar-refractivity contribution in [2.24, 2.45) is 0 Å². The molecular formula is C17H19N3O. The molecule has 0 N–H and O–H groups in total. The largest absolute Gasteiger partial charge is 0.438 e. The summed E-state index contributed by atoms with van der Waals surface area (Å²) >= 11 is 0. The molecular weight excluding hydrogens is 262 g/mol. The van der Waals surface area contributed by atoms with Gasteiger partial charge < -0.3 is 9.64 Å². The summed E-state index contributed by atoms with van der Waals surface area (Å²) in [5.74, 6) is 1.06. The molecule has 0 aliphatic carbocycles. The molecule has 0 bridgehead atoms. The zero-order valence-electron chi connectivity index (χ0n) is 12.8. The number of ether oxygens (including phenoxy) is 1. The van der Waals surface area contributed by atoms with Crippen molar-refractivity contribution in [2.45, 2.75) is 20.4 Å². The summed E-state index contributed by atoms with van der Waals surface area (Å²) in [7, 11) is 4.06. The zero-order chi connectivity index (χ0) is 15.4. The van der Waals surface area contributed by atoms with E-state index in [0.717, 1.165) is 17.8 Å². The van der Waals surface area contributed by atoms with Crippen LogP contribution in [0.4, 0.5) is 0 Å². The van der Waals surface area contributed by atoms with Crippen LogP contribution in [0.5, 0.6) is 11.6 Å². The van der Waals surface area contributed by atoms with Crippen molar-refractivity contribution >= 4 is 0 Å². The summed E-state index contributed by atoms with van der Waals surface area (Å²) in [5, 5.41) is 9.24. The molecule has 21 heavy (non-hydrogen) atoms. The molecule has 0 saturated carbocycles. The number of benzene rings is 1. The second-order valence-electron chi connectivity index (χ2n) is 5.36. The SMILES string of the molecule is Cc1cc(C)c(C#N)c(Oc2ccc(CN(C)C)cc2)n1. The van der Waals surface area contributed by atoms with E-state index in [-0.39, 0.29) is 0 Å². The Hall–Kier alpha value is -2.38. The van der Waals surface area contributed by atoms with E-state index in [1.165, 1.54) is 5.56 Å². The minimum Gasteiger partial charge on any atom is -0.438 e. The lowest BCUT2D eigenvalue weighted by Gasteiger charge is -2.11. The fraction of sp³-hybridized carbons (Fsp3) is 0.294. The van der Waals surface area contributed by atoms with E-state index in [9.17, 15) is 5.26 Å². The zero-order valence-corrected chi connectivity index (χ0v) is 12.8. The third-order valence-corrected chi connectivity index (χ3v) is 3.06. The minimum atomic E-state index is 0.371. The number of hydrogen-bond acceptors (Lipinski definition) is 4. The molecule has 1 heterocycles. The molecule has 2 rings (SSSR count). The van der Waals surface area contributed by atoms with Gasteiger partial charge in [-0.2, -0.15) is 5.26 Å². The summed E-state index contributed by atoms with van der Waals surface area (Å²) in [6.45, 7) is 4.66. The maximum Gasteiger partial charge on any atom is 0.237 e. The molecule has 4 nitrogen and oxygen atoms in total. The van der Waals surface area contributed by atoms with Gasteiger partial charge in [-0.3, -0.25) is 0 Å². The lowest BCUT2D eigenvalue weighted by Crippen LogP contribution is -2.10. The monoisotopic (exact) mass is 281 g/mol. The summed E-state index contributed by atoms with van der Waals surface area (Å²) in [4.78, 5) is 6.42. The molecule has 0 saturated heterocycles. The van der Waals surface area contributed by atoms with E-state index in [2.05, 4.69) is 16.0 Å². The Labute approximate surface area is 125 Å². The van der Waals surface area contributed by atoms with Gasteiger partial charge in [-0.15, -0.1) is 0 Å². The number of nitriles is 1. The van der Waals surface area contributed by atoms with Crippen molar-refractivity contribution < 1.29 is 4.74 Å². The number of rotatable bonds is 4. The Bertz CT molecular complexity index is 670. The molecule has 1 aromatic heterocycles. The maximum atomic E-state index is 9.24. The molecule has 108 valence electrons. The Morgan fingerprint density at radius 2 is 1.86 bits per heavy atom. The number of pyridine rings is 1. The minimum absolute atomic E-state index is 0.371. The van der Waals surface area contributed by atoms with Crippen molar-refractivity contribution in [2.75, 3.05) is 14.1 Å². The van der Waals surface area contributed by atoms with Gasteiger partial charge in [0.1, 0.15) is 17.4 Å². The molecule has 0 aliphatic heterocycles. The van der Waals surface area contributed by atoms with E-state index < -0.39 is 0 Å². The molecule has 0 spiro atoms. The fourth-order valence-corrected chi connectivity index (χ4v) is 2.15. The first kappa shape index (κ1) is 15.0. The van der Waals surface area contributed by atoms with Crippen LogP contribution in [0.2, 0.25) is 0 Å². The summed E-state index contributed by atoms with van der Waals surface area (Å²) in [5.41, 5.74) is 3.41. The molecule has 2 aromatic rings. The highest BCUT2D eigenvalue weighted by Gasteiger charge is 2.10. The average Bonchev–Trinajstić information content (AvgIpc) is 2.40. The van der Waals surface area contributed by atoms with Gasteiger partial charge in [0.15, 0.2) is 0 Å². The molecule has 0 amide bonds. The third kappa shape index (κ3) is 3.80. The second kappa shape index (κ2) is 6.38. The van der Waals surface area contributed by atoms with Crippen LogP contribution in [-0.4, -0.2) is 24.0 Å². The lowest BCUT2D eigenvalue weighted by molar-refractivity contribution is 0.402. The Balaban J connectivity index is 2.24. The first-order valence-corrected chi connectivity index (χ1v) is 6.79. The van der Waals surface area contributed by atoms with Crippen LogP contribution in [0, 0.1) is 25.2 Å². The fourth-order valence-electron chi connectivity index (χ4n) is 2.15. The van der Waals surface area contributed by atoms with Gasteiger partial charge in [0.05, 0.1) is 0 Å². The highest BCUT2D eigenvalue weighted by molar-refractivity contribution is 5.47. The molecule has 4 heteroatoms. The van der Waals surface area contributed by atoms with Crippen molar-refractivity contribution in [3.8, 4) is 17.7 Å². The highest BCUT2D eigenvalue weighted by Crippen LogP contribution is 2.26. The summed E-state index contributed by atoms with van der Waals surface area (Å²) in [6.07, 6.45) is 0. The smallest absolute Gasteiger partial charge is 0.237 e. The third-order valence-electron chi connectivity index (χ3n) is 3.06. The summed E-state index contributed by atoms with van der Waals surface area (Å²) in [6, 6.07) is 11.9. The van der Waals surface area contributed by atoms with Gasteiger partial charge in [0.2, 0.25) is 5.88 Å². The topological polar surface area (TPSA) is 49.1 Å². The van der Waals surface area contributed by atoms with Crippen molar-refractivity contribution in [3.63, 3.8) is 0 Å². The Morgan fingerprint density at radius 1 is 1.19 bits per heavy atom. The Morgan fingerprint density at radius 3 is 2.43 bits per heavy atom. The first-order chi connectivity index (χ1) is 9.99. The number of aromatic nitrogens is 1. The number of hydrogen-bond donors (Lipinski definition) is 0. The van der Waals surface area contributed by atoms with Crippen molar-refractivity contribution in [3.05, 3.63) is 52.7 Å². The van der Waals surface area contributed by atoms with Crippen LogP contribution >= 0.6 is 0 Å². The van der Waals surface area contributed by atoms with Crippen LogP contribution in [-0.2, 0) is 6.54 Å². The van der Waals surface area contributed by atoms with Gasteiger partial charge in [0.25, 0.3) is 0 Å². The number of nitrogens with zero attached hydrogens (tertiary/aromatic N) is 3. The van der Waals surface area contributed by atoms with Gasteiger partial charge in [-0.25, -0.2) is 4.98 Å². The van der Waals surface area contributed by atoms with Crippen LogP contribution in [0.3, 0.4) is 0 Å². The highest BCUT2D eigenvalue weighted by atomic mass is 16.5. The second-order valence-corrected chi connectivity index (χ2v) is 5.36. The quantitative estimate of drug-likeness (QED) is 0.861. The molecule has 0 atom stereocenters. The first-order valence-electron chi connectivity index (χ1n) is 6.79. The van der Waals surface area contributed by atoms with E-state index in [1.807, 2.05) is 58.3 Å². The maximum absolute atomic E-state index is 9.24. The van der Waals surface area contributed by atoms with Crippen molar-refractivity contribution in [1.29, 1.82) is 5.26 Å². The van der Waals surface area contributed by atoms with Gasteiger partial charge >= 0.3 is 0 Å². The molecule has 1 aromatic carbocycles. The van der Waals surface area contributed by atoms with Crippen LogP contribution in [0.25, 0.3) is 0 Å². The molecule has 0 unspecified atom stereocenters. The average molecular weight is 281 g/mol. The lowest BCUT2D eigenvalue weighted by atomic mass is 10.1. The van der Waals surface area contributed by atoms with Crippen LogP contribution < -0.4 is 4.74 Å². The van der Waals surface area contributed by atoms with E-state index in [0.29, 0.717) is 17.2 Å². The van der Waals surface area contributed by atoms with Gasteiger partial charge in [0, 0.05) is 12.2 Å². The van der Waals surface area contributed by atoms with E-state index >= 15 is 0 Å². The van der Waals surface area contributed by atoms with Crippen molar-refractivity contribution in [1.82, 2.24) is 9.88 Å². The molecule has 0 radical (unpaired) electrons. The normalized spacial score (nSPS) is 10.5. The molecule has 0 fully saturated rings. The standard InChI is InChI=1S/C17H19N3O/c1-12-9-13(2)19-17(16(12)10-18)21-15-7-5-14(6-8-15)11-20(3)4/h5-9H,11H2,1-4H3. The van der Waals surface area contributed by atoms with Crippen LogP contribution in [0.15, 0.2) is 30.3 Å². The van der Waals surface area contributed by atoms with E-state index in [4.69, 9.17) is 4.74 Å². The Kier molecular flexibility index (Phi) is 4.56. The van der Waals surface area contributed by atoms with Gasteiger partial charge in [-0.05, 0) is 57.3 Å². The predicted molar refractivity (Wildman–Crippen MR) is 82.3 cm³/mol. The van der Waals surface area contributed by atoms with Crippen LogP contribution in [0.1, 0.15) is 22.4 Å². The number of aryl methyl sites for hydroxylation is 2. The predicted octanol–water partition coefficient (Wildman–Crippen LogP) is 3.42. The summed E-state index contributed by atoms with van der Waals surface area (Å²) < 4.78 is 5.77. The molecule has 0 aliphatic rings.